The van der Waals surface area contributed by atoms with E-state index in [9.17, 15) is 9.59 Å². The van der Waals surface area contributed by atoms with Gasteiger partial charge in [0.15, 0.2) is 0 Å². The number of piperazine rings is 1. The molecule has 25 heavy (non-hydrogen) atoms. The molecule has 0 saturated carbocycles. The molecule has 9 heteroatoms. The highest BCUT2D eigenvalue weighted by Crippen LogP contribution is 2.20. The lowest BCUT2D eigenvalue weighted by molar-refractivity contribution is -0.133. The van der Waals surface area contributed by atoms with Gasteiger partial charge in [-0.2, -0.15) is 5.10 Å². The summed E-state index contributed by atoms with van der Waals surface area (Å²) in [5.41, 5.74) is 6.12. The minimum Gasteiger partial charge on any atom is -0.364 e. The molecular weight excluding hydrogens is 324 g/mol. The van der Waals surface area contributed by atoms with E-state index < -0.39 is 6.10 Å². The van der Waals surface area contributed by atoms with E-state index in [2.05, 4.69) is 15.3 Å². The molecule has 0 radical (unpaired) electrons. The molecule has 3 heterocycles. The van der Waals surface area contributed by atoms with E-state index >= 15 is 0 Å². The van der Waals surface area contributed by atoms with Crippen molar-refractivity contribution in [2.75, 3.05) is 45.1 Å². The summed E-state index contributed by atoms with van der Waals surface area (Å²) >= 11 is 0. The minimum absolute atomic E-state index is 0.0407. The van der Waals surface area contributed by atoms with Crippen LogP contribution in [0.3, 0.4) is 0 Å². The molecule has 1 aromatic rings. The number of anilines is 1. The molecule has 0 spiro atoms. The fourth-order valence-electron chi connectivity index (χ4n) is 3.10. The summed E-state index contributed by atoms with van der Waals surface area (Å²) in [6.45, 7) is 3.85. The first-order valence-electron chi connectivity index (χ1n) is 8.70. The van der Waals surface area contributed by atoms with Crippen molar-refractivity contribution >= 4 is 17.5 Å². The molecule has 2 atom stereocenters. The molecule has 0 unspecified atom stereocenters. The van der Waals surface area contributed by atoms with Gasteiger partial charge in [0.1, 0.15) is 12.6 Å². The highest BCUT2D eigenvalue weighted by Gasteiger charge is 2.30. The Morgan fingerprint density at radius 3 is 2.76 bits per heavy atom. The first kappa shape index (κ1) is 17.8. The van der Waals surface area contributed by atoms with Crippen LogP contribution in [0.2, 0.25) is 0 Å². The normalized spacial score (nSPS) is 24.5. The zero-order valence-corrected chi connectivity index (χ0v) is 14.6. The fraction of sp³-hybridized carbons (Fsp3) is 0.688. The van der Waals surface area contributed by atoms with Crippen LogP contribution in [0.1, 0.15) is 12.8 Å². The van der Waals surface area contributed by atoms with Crippen molar-refractivity contribution in [3.63, 3.8) is 0 Å². The van der Waals surface area contributed by atoms with E-state index in [1.165, 1.54) is 0 Å². The SMILES string of the molecule is CN1CCN(C(=O)Cn2cc(NC(=O)[C@@H]3CC[C@H](CN)O3)cn2)CC1. The van der Waals surface area contributed by atoms with Gasteiger partial charge in [0.25, 0.3) is 5.91 Å². The van der Waals surface area contributed by atoms with E-state index in [1.54, 1.807) is 17.1 Å². The van der Waals surface area contributed by atoms with Crippen molar-refractivity contribution < 1.29 is 14.3 Å². The van der Waals surface area contributed by atoms with Crippen molar-refractivity contribution in [3.8, 4) is 0 Å². The van der Waals surface area contributed by atoms with Crippen LogP contribution in [0.15, 0.2) is 12.4 Å². The number of ether oxygens (including phenoxy) is 1. The number of carbonyl (C=O) groups is 2. The summed E-state index contributed by atoms with van der Waals surface area (Å²) in [7, 11) is 2.05. The molecular formula is C16H26N6O3. The summed E-state index contributed by atoms with van der Waals surface area (Å²) < 4.78 is 7.12. The number of nitrogens with zero attached hydrogens (tertiary/aromatic N) is 4. The molecule has 2 saturated heterocycles. The van der Waals surface area contributed by atoms with E-state index in [0.29, 0.717) is 18.7 Å². The Morgan fingerprint density at radius 2 is 2.08 bits per heavy atom. The van der Waals surface area contributed by atoms with Gasteiger partial charge in [-0.3, -0.25) is 14.3 Å². The van der Waals surface area contributed by atoms with Crippen LogP contribution in [-0.4, -0.2) is 83.4 Å². The van der Waals surface area contributed by atoms with Crippen molar-refractivity contribution in [3.05, 3.63) is 12.4 Å². The van der Waals surface area contributed by atoms with Crippen LogP contribution in [0.25, 0.3) is 0 Å². The second kappa shape index (κ2) is 7.94. The zero-order chi connectivity index (χ0) is 17.8. The van der Waals surface area contributed by atoms with Gasteiger partial charge in [-0.05, 0) is 19.9 Å². The lowest BCUT2D eigenvalue weighted by atomic mass is 10.2. The molecule has 2 aliphatic heterocycles. The van der Waals surface area contributed by atoms with Crippen molar-refractivity contribution in [2.24, 2.45) is 5.73 Å². The van der Waals surface area contributed by atoms with Gasteiger partial charge in [0, 0.05) is 38.9 Å². The van der Waals surface area contributed by atoms with Gasteiger partial charge in [-0.1, -0.05) is 0 Å². The van der Waals surface area contributed by atoms with Crippen LogP contribution in [0.4, 0.5) is 5.69 Å². The monoisotopic (exact) mass is 350 g/mol. The van der Waals surface area contributed by atoms with E-state index in [4.69, 9.17) is 10.5 Å². The topological polar surface area (TPSA) is 106 Å². The fourth-order valence-corrected chi connectivity index (χ4v) is 3.10. The first-order valence-corrected chi connectivity index (χ1v) is 8.70. The van der Waals surface area contributed by atoms with E-state index in [-0.39, 0.29) is 24.5 Å². The number of nitrogens with one attached hydrogen (secondary N) is 1. The highest BCUT2D eigenvalue weighted by molar-refractivity contribution is 5.94. The van der Waals surface area contributed by atoms with E-state index in [1.807, 2.05) is 11.9 Å². The van der Waals surface area contributed by atoms with Crippen LogP contribution < -0.4 is 11.1 Å². The number of nitrogens with two attached hydrogens (primary N) is 1. The average Bonchev–Trinajstić information content (AvgIpc) is 3.24. The van der Waals surface area contributed by atoms with Gasteiger partial charge in [0.2, 0.25) is 5.91 Å². The van der Waals surface area contributed by atoms with E-state index in [0.717, 1.165) is 32.6 Å². The molecule has 9 nitrogen and oxygen atoms in total. The lowest BCUT2D eigenvalue weighted by Crippen LogP contribution is -2.48. The molecule has 2 fully saturated rings. The van der Waals surface area contributed by atoms with Crippen molar-refractivity contribution in [1.29, 1.82) is 0 Å². The van der Waals surface area contributed by atoms with Crippen molar-refractivity contribution in [1.82, 2.24) is 19.6 Å². The summed E-state index contributed by atoms with van der Waals surface area (Å²) in [6, 6.07) is 0. The third-order valence-corrected chi connectivity index (χ3v) is 4.72. The van der Waals surface area contributed by atoms with Gasteiger partial charge >= 0.3 is 0 Å². The Bertz CT molecular complexity index is 580. The summed E-state index contributed by atoms with van der Waals surface area (Å²) in [4.78, 5) is 28.5. The number of carbonyl (C=O) groups excluding carboxylic acids is 2. The summed E-state index contributed by atoms with van der Waals surface area (Å²) in [6.07, 6.45) is 4.17. The Morgan fingerprint density at radius 1 is 1.32 bits per heavy atom. The van der Waals surface area contributed by atoms with Crippen molar-refractivity contribution in [2.45, 2.75) is 31.6 Å². The number of hydrogen-bond donors (Lipinski definition) is 2. The summed E-state index contributed by atoms with van der Waals surface area (Å²) in [5.74, 6) is -0.153. The molecule has 3 rings (SSSR count). The van der Waals surface area contributed by atoms with Gasteiger partial charge in [-0.25, -0.2) is 0 Å². The predicted octanol–water partition coefficient (Wildman–Crippen LogP) is -0.898. The van der Waals surface area contributed by atoms with Crippen LogP contribution in [0.5, 0.6) is 0 Å². The Labute approximate surface area is 147 Å². The minimum atomic E-state index is -0.469. The number of aromatic nitrogens is 2. The van der Waals surface area contributed by atoms with Gasteiger partial charge < -0.3 is 25.6 Å². The maximum absolute atomic E-state index is 12.3. The number of rotatable bonds is 5. The molecule has 1 aromatic heterocycles. The second-order valence-corrected chi connectivity index (χ2v) is 6.66. The van der Waals surface area contributed by atoms with Crippen LogP contribution in [0, 0.1) is 0 Å². The van der Waals surface area contributed by atoms with Gasteiger partial charge in [-0.15, -0.1) is 0 Å². The molecule has 2 aliphatic rings. The Hall–Kier alpha value is -1.97. The zero-order valence-electron chi connectivity index (χ0n) is 14.6. The molecule has 138 valence electrons. The average molecular weight is 350 g/mol. The third kappa shape index (κ3) is 4.56. The third-order valence-electron chi connectivity index (χ3n) is 4.72. The molecule has 3 N–H and O–H groups in total. The molecule has 0 aromatic carbocycles. The Kier molecular flexibility index (Phi) is 5.67. The molecule has 2 amide bonds. The summed E-state index contributed by atoms with van der Waals surface area (Å²) in [5, 5.41) is 6.95. The molecule has 0 aliphatic carbocycles. The number of hydrogen-bond acceptors (Lipinski definition) is 6. The van der Waals surface area contributed by atoms with Gasteiger partial charge in [0.05, 0.1) is 18.0 Å². The lowest BCUT2D eigenvalue weighted by Gasteiger charge is -2.32. The maximum atomic E-state index is 12.3. The number of amides is 2. The first-order chi connectivity index (χ1) is 12.0. The van der Waals surface area contributed by atoms with Crippen LogP contribution in [-0.2, 0) is 20.9 Å². The highest BCUT2D eigenvalue weighted by atomic mass is 16.5. The predicted molar refractivity (Wildman–Crippen MR) is 91.9 cm³/mol. The second-order valence-electron chi connectivity index (χ2n) is 6.66. The number of likely N-dealkylation sites (N-methyl/N-ethyl adjacent to an activating group) is 1. The quantitative estimate of drug-likeness (QED) is 0.713. The van der Waals surface area contributed by atoms with Crippen LogP contribution >= 0.6 is 0 Å². The Balaban J connectivity index is 1.49. The largest absolute Gasteiger partial charge is 0.364 e. The smallest absolute Gasteiger partial charge is 0.253 e. The standard InChI is InChI=1S/C16H26N6O3/c1-20-4-6-21(7-5-20)15(23)11-22-10-12(9-18-22)19-16(24)14-3-2-13(8-17)25-14/h9-10,13-14H,2-8,11,17H2,1H3,(H,19,24)/t13-,14+/m1/s1. The molecule has 0 bridgehead atoms. The maximum Gasteiger partial charge on any atom is 0.253 e.